The Kier molecular flexibility index (Phi) is 4.58. The number of anilines is 1. The number of hydrogen-bond acceptors (Lipinski definition) is 4. The SMILES string of the molecule is CN(Cc1ccc(Cl)cc1)c1ncnc(Cl)c1CO. The zero-order chi connectivity index (χ0) is 13.8. The predicted molar refractivity (Wildman–Crippen MR) is 76.5 cm³/mol. The summed E-state index contributed by atoms with van der Waals surface area (Å²) in [6, 6.07) is 7.57. The van der Waals surface area contributed by atoms with Gasteiger partial charge in [0.25, 0.3) is 0 Å². The van der Waals surface area contributed by atoms with E-state index in [0.717, 1.165) is 5.56 Å². The lowest BCUT2D eigenvalue weighted by molar-refractivity contribution is 0.281. The number of halogens is 2. The summed E-state index contributed by atoms with van der Waals surface area (Å²) in [5.74, 6) is 0.623. The number of aliphatic hydroxyl groups excluding tert-OH is 1. The molecular weight excluding hydrogens is 285 g/mol. The summed E-state index contributed by atoms with van der Waals surface area (Å²) in [6.07, 6.45) is 1.38. The lowest BCUT2D eigenvalue weighted by atomic mass is 10.2. The lowest BCUT2D eigenvalue weighted by Gasteiger charge is -2.20. The molecule has 0 spiro atoms. The molecule has 0 saturated carbocycles. The van der Waals surface area contributed by atoms with Crippen LogP contribution in [0.1, 0.15) is 11.1 Å². The average Bonchev–Trinajstić information content (AvgIpc) is 2.41. The van der Waals surface area contributed by atoms with Gasteiger partial charge in [0.15, 0.2) is 0 Å². The van der Waals surface area contributed by atoms with Crippen molar-refractivity contribution in [3.63, 3.8) is 0 Å². The molecule has 0 radical (unpaired) electrons. The lowest BCUT2D eigenvalue weighted by Crippen LogP contribution is -2.20. The Balaban J connectivity index is 2.22. The van der Waals surface area contributed by atoms with Crippen LogP contribution in [-0.2, 0) is 13.2 Å². The zero-order valence-electron chi connectivity index (χ0n) is 10.3. The summed E-state index contributed by atoms with van der Waals surface area (Å²) in [5, 5.41) is 10.3. The molecule has 0 unspecified atom stereocenters. The molecule has 1 aromatic heterocycles. The van der Waals surface area contributed by atoms with Gasteiger partial charge in [-0.15, -0.1) is 0 Å². The second kappa shape index (κ2) is 6.19. The highest BCUT2D eigenvalue weighted by Gasteiger charge is 2.13. The molecule has 19 heavy (non-hydrogen) atoms. The van der Waals surface area contributed by atoms with Crippen LogP contribution in [0.3, 0.4) is 0 Å². The Morgan fingerprint density at radius 1 is 1.16 bits per heavy atom. The van der Waals surface area contributed by atoms with Crippen molar-refractivity contribution in [2.45, 2.75) is 13.2 Å². The minimum Gasteiger partial charge on any atom is -0.391 e. The van der Waals surface area contributed by atoms with Gasteiger partial charge in [-0.2, -0.15) is 0 Å². The van der Waals surface area contributed by atoms with E-state index in [9.17, 15) is 5.11 Å². The fraction of sp³-hybridized carbons (Fsp3) is 0.231. The minimum absolute atomic E-state index is 0.194. The Labute approximate surface area is 121 Å². The summed E-state index contributed by atoms with van der Waals surface area (Å²) in [4.78, 5) is 9.94. The number of nitrogens with zero attached hydrogens (tertiary/aromatic N) is 3. The van der Waals surface area contributed by atoms with Crippen molar-refractivity contribution in [2.75, 3.05) is 11.9 Å². The van der Waals surface area contributed by atoms with Crippen molar-refractivity contribution >= 4 is 29.0 Å². The van der Waals surface area contributed by atoms with Crippen LogP contribution in [-0.4, -0.2) is 22.1 Å². The molecule has 1 aromatic carbocycles. The smallest absolute Gasteiger partial charge is 0.140 e. The topological polar surface area (TPSA) is 49.2 Å². The normalized spacial score (nSPS) is 10.5. The first-order valence-corrected chi connectivity index (χ1v) is 6.43. The standard InChI is InChI=1S/C13H13Cl2N3O/c1-18(6-9-2-4-10(14)5-3-9)13-11(7-19)12(15)16-8-17-13/h2-5,8,19H,6-7H2,1H3. The largest absolute Gasteiger partial charge is 0.391 e. The van der Waals surface area contributed by atoms with E-state index in [1.54, 1.807) is 0 Å². The number of benzene rings is 1. The summed E-state index contributed by atoms with van der Waals surface area (Å²) >= 11 is 11.8. The monoisotopic (exact) mass is 297 g/mol. The van der Waals surface area contributed by atoms with Gasteiger partial charge in [0, 0.05) is 18.6 Å². The molecule has 0 aliphatic carbocycles. The maximum absolute atomic E-state index is 9.34. The summed E-state index contributed by atoms with van der Waals surface area (Å²) in [7, 11) is 1.88. The maximum Gasteiger partial charge on any atom is 0.140 e. The van der Waals surface area contributed by atoms with Crippen molar-refractivity contribution in [1.82, 2.24) is 9.97 Å². The summed E-state index contributed by atoms with van der Waals surface area (Å²) in [5.41, 5.74) is 1.62. The highest BCUT2D eigenvalue weighted by molar-refractivity contribution is 6.30. The molecule has 0 aliphatic rings. The van der Waals surface area contributed by atoms with E-state index in [1.165, 1.54) is 6.33 Å². The predicted octanol–water partition coefficient (Wildman–Crippen LogP) is 2.91. The third kappa shape index (κ3) is 3.35. The number of aromatic nitrogens is 2. The van der Waals surface area contributed by atoms with Gasteiger partial charge in [0.2, 0.25) is 0 Å². The van der Waals surface area contributed by atoms with Gasteiger partial charge < -0.3 is 10.0 Å². The van der Waals surface area contributed by atoms with Crippen molar-refractivity contribution in [2.24, 2.45) is 0 Å². The molecule has 6 heteroatoms. The highest BCUT2D eigenvalue weighted by atomic mass is 35.5. The first-order valence-electron chi connectivity index (χ1n) is 5.67. The quantitative estimate of drug-likeness (QED) is 0.882. The van der Waals surface area contributed by atoms with Crippen LogP contribution in [0, 0.1) is 0 Å². The van der Waals surface area contributed by atoms with Gasteiger partial charge in [-0.3, -0.25) is 0 Å². The Bertz CT molecular complexity index is 560. The van der Waals surface area contributed by atoms with Gasteiger partial charge >= 0.3 is 0 Å². The van der Waals surface area contributed by atoms with Crippen LogP contribution in [0.15, 0.2) is 30.6 Å². The minimum atomic E-state index is -0.194. The van der Waals surface area contributed by atoms with Crippen LogP contribution in [0.5, 0.6) is 0 Å². The fourth-order valence-corrected chi connectivity index (χ4v) is 2.10. The van der Waals surface area contributed by atoms with Crippen molar-refractivity contribution in [3.8, 4) is 0 Å². The molecule has 0 bridgehead atoms. The third-order valence-electron chi connectivity index (χ3n) is 2.72. The van der Waals surface area contributed by atoms with E-state index in [4.69, 9.17) is 23.2 Å². The third-order valence-corrected chi connectivity index (χ3v) is 3.30. The van der Waals surface area contributed by atoms with Crippen molar-refractivity contribution in [1.29, 1.82) is 0 Å². The molecule has 0 fully saturated rings. The van der Waals surface area contributed by atoms with E-state index in [-0.39, 0.29) is 11.8 Å². The molecular formula is C13H13Cl2N3O. The zero-order valence-corrected chi connectivity index (χ0v) is 11.9. The van der Waals surface area contributed by atoms with Crippen LogP contribution >= 0.6 is 23.2 Å². The van der Waals surface area contributed by atoms with Crippen LogP contribution in [0.4, 0.5) is 5.82 Å². The van der Waals surface area contributed by atoms with Crippen LogP contribution in [0.25, 0.3) is 0 Å². The van der Waals surface area contributed by atoms with Gasteiger partial charge in [-0.25, -0.2) is 9.97 Å². The first-order chi connectivity index (χ1) is 9.11. The molecule has 0 saturated heterocycles. The van der Waals surface area contributed by atoms with Gasteiger partial charge in [-0.05, 0) is 17.7 Å². The highest BCUT2D eigenvalue weighted by Crippen LogP contribution is 2.23. The van der Waals surface area contributed by atoms with Crippen LogP contribution < -0.4 is 4.90 Å². The number of hydrogen-bond donors (Lipinski definition) is 1. The van der Waals surface area contributed by atoms with Crippen molar-refractivity contribution < 1.29 is 5.11 Å². The molecule has 1 heterocycles. The van der Waals surface area contributed by atoms with Crippen LogP contribution in [0.2, 0.25) is 10.2 Å². The maximum atomic E-state index is 9.34. The van der Waals surface area contributed by atoms with Gasteiger partial charge in [0.1, 0.15) is 17.3 Å². The Morgan fingerprint density at radius 3 is 2.47 bits per heavy atom. The molecule has 2 rings (SSSR count). The van der Waals surface area contributed by atoms with E-state index < -0.39 is 0 Å². The average molecular weight is 298 g/mol. The Hall–Kier alpha value is -1.36. The second-order valence-corrected chi connectivity index (χ2v) is 4.90. The second-order valence-electron chi connectivity index (χ2n) is 4.11. The fourth-order valence-electron chi connectivity index (χ4n) is 1.79. The van der Waals surface area contributed by atoms with E-state index in [1.807, 2.05) is 36.2 Å². The van der Waals surface area contributed by atoms with E-state index in [0.29, 0.717) is 22.9 Å². The molecule has 0 aliphatic heterocycles. The summed E-state index contributed by atoms with van der Waals surface area (Å²) in [6.45, 7) is 0.442. The molecule has 1 N–H and O–H groups in total. The van der Waals surface area contributed by atoms with Crippen molar-refractivity contribution in [3.05, 3.63) is 51.9 Å². The Morgan fingerprint density at radius 2 is 1.84 bits per heavy atom. The first kappa shape index (κ1) is 14.1. The summed E-state index contributed by atoms with van der Waals surface area (Å²) < 4.78 is 0. The number of rotatable bonds is 4. The molecule has 4 nitrogen and oxygen atoms in total. The van der Waals surface area contributed by atoms with E-state index >= 15 is 0 Å². The molecule has 0 amide bonds. The van der Waals surface area contributed by atoms with Gasteiger partial charge in [0.05, 0.1) is 12.2 Å². The van der Waals surface area contributed by atoms with Gasteiger partial charge in [-0.1, -0.05) is 35.3 Å². The molecule has 100 valence electrons. The molecule has 0 atom stereocenters. The van der Waals surface area contributed by atoms with E-state index in [2.05, 4.69) is 9.97 Å². The number of aliphatic hydroxyl groups is 1. The molecule has 2 aromatic rings.